The van der Waals surface area contributed by atoms with Gasteiger partial charge in [-0.15, -0.1) is 0 Å². The molecule has 0 fully saturated rings. The molecular formula is C16H23NO4. The summed E-state index contributed by atoms with van der Waals surface area (Å²) in [6, 6.07) is 9.45. The highest BCUT2D eigenvalue weighted by atomic mass is 16.5. The minimum Gasteiger partial charge on any atom is -0.494 e. The Hall–Kier alpha value is -2.04. The maximum atomic E-state index is 11.8. The Labute approximate surface area is 125 Å². The van der Waals surface area contributed by atoms with Crippen molar-refractivity contribution in [3.05, 3.63) is 30.3 Å². The van der Waals surface area contributed by atoms with E-state index in [4.69, 9.17) is 9.84 Å². The summed E-state index contributed by atoms with van der Waals surface area (Å²) in [5, 5.41) is 11.5. The number of rotatable bonds is 9. The monoisotopic (exact) mass is 293 g/mol. The van der Waals surface area contributed by atoms with Crippen LogP contribution >= 0.6 is 0 Å². The molecule has 0 aliphatic carbocycles. The van der Waals surface area contributed by atoms with Crippen LogP contribution in [0.5, 0.6) is 5.75 Å². The summed E-state index contributed by atoms with van der Waals surface area (Å²) < 4.78 is 5.51. The van der Waals surface area contributed by atoms with Crippen LogP contribution in [0.25, 0.3) is 0 Å². The Morgan fingerprint density at radius 1 is 1.19 bits per heavy atom. The number of benzene rings is 1. The number of amides is 1. The summed E-state index contributed by atoms with van der Waals surface area (Å²) in [4.78, 5) is 22.3. The Morgan fingerprint density at radius 3 is 2.48 bits per heavy atom. The summed E-state index contributed by atoms with van der Waals surface area (Å²) >= 11 is 0. The van der Waals surface area contributed by atoms with Gasteiger partial charge in [-0.25, -0.2) is 0 Å². The molecule has 21 heavy (non-hydrogen) atoms. The molecule has 2 N–H and O–H groups in total. The fourth-order valence-electron chi connectivity index (χ4n) is 1.86. The zero-order valence-electron chi connectivity index (χ0n) is 12.6. The molecule has 0 aliphatic rings. The van der Waals surface area contributed by atoms with Crippen molar-refractivity contribution in [1.29, 1.82) is 0 Å². The number of carboxylic acids is 1. The van der Waals surface area contributed by atoms with Gasteiger partial charge in [0.15, 0.2) is 0 Å². The first-order valence-corrected chi connectivity index (χ1v) is 7.10. The Kier molecular flexibility index (Phi) is 6.72. The Bertz CT molecular complexity index is 457. The van der Waals surface area contributed by atoms with Crippen LogP contribution in [0, 0.1) is 0 Å². The van der Waals surface area contributed by atoms with Crippen molar-refractivity contribution in [3.63, 3.8) is 0 Å². The third kappa shape index (κ3) is 7.97. The van der Waals surface area contributed by atoms with Crippen molar-refractivity contribution in [1.82, 2.24) is 5.32 Å². The minimum atomic E-state index is -0.853. The number of ether oxygens (including phenoxy) is 1. The molecule has 0 spiro atoms. The van der Waals surface area contributed by atoms with Crippen LogP contribution in [0.1, 0.15) is 39.5 Å². The van der Waals surface area contributed by atoms with E-state index in [0.29, 0.717) is 25.9 Å². The highest BCUT2D eigenvalue weighted by Gasteiger charge is 2.21. The number of aliphatic carboxylic acids is 1. The molecule has 5 nitrogen and oxygen atoms in total. The van der Waals surface area contributed by atoms with Crippen LogP contribution < -0.4 is 10.1 Å². The summed E-state index contributed by atoms with van der Waals surface area (Å²) in [6.07, 6.45) is 1.44. The standard InChI is InChI=1S/C16H23NO4/c1-16(2,11-10-15(19)20)17-14(18)9-6-12-21-13-7-4-3-5-8-13/h3-5,7-8H,6,9-12H2,1-2H3,(H,17,18)(H,19,20). The Morgan fingerprint density at radius 2 is 1.86 bits per heavy atom. The molecule has 0 saturated heterocycles. The van der Waals surface area contributed by atoms with Gasteiger partial charge in [-0.3, -0.25) is 9.59 Å². The summed E-state index contributed by atoms with van der Waals surface area (Å²) in [7, 11) is 0. The van der Waals surface area contributed by atoms with Gasteiger partial charge >= 0.3 is 5.97 Å². The molecule has 0 saturated carbocycles. The van der Waals surface area contributed by atoms with Crippen molar-refractivity contribution >= 4 is 11.9 Å². The van der Waals surface area contributed by atoms with Crippen molar-refractivity contribution in [2.45, 2.75) is 45.1 Å². The lowest BCUT2D eigenvalue weighted by Crippen LogP contribution is -2.43. The number of para-hydroxylation sites is 1. The molecule has 0 aromatic heterocycles. The Balaban J connectivity index is 2.20. The predicted octanol–water partition coefficient (Wildman–Crippen LogP) is 2.61. The fraction of sp³-hybridized carbons (Fsp3) is 0.500. The molecule has 116 valence electrons. The second-order valence-corrected chi connectivity index (χ2v) is 5.59. The average Bonchev–Trinajstić information content (AvgIpc) is 2.42. The lowest BCUT2D eigenvalue weighted by molar-refractivity contribution is -0.137. The van der Waals surface area contributed by atoms with Gasteiger partial charge in [0.1, 0.15) is 5.75 Å². The van der Waals surface area contributed by atoms with Gasteiger partial charge in [0.25, 0.3) is 0 Å². The zero-order valence-corrected chi connectivity index (χ0v) is 12.6. The van der Waals surface area contributed by atoms with Gasteiger partial charge < -0.3 is 15.2 Å². The summed E-state index contributed by atoms with van der Waals surface area (Å²) in [5.74, 6) is -0.143. The molecule has 0 bridgehead atoms. The highest BCUT2D eigenvalue weighted by molar-refractivity contribution is 5.76. The van der Waals surface area contributed by atoms with E-state index in [9.17, 15) is 9.59 Å². The molecule has 0 heterocycles. The van der Waals surface area contributed by atoms with Gasteiger partial charge in [0.05, 0.1) is 6.61 Å². The van der Waals surface area contributed by atoms with Gasteiger partial charge in [0, 0.05) is 18.4 Å². The van der Waals surface area contributed by atoms with Gasteiger partial charge in [-0.1, -0.05) is 18.2 Å². The first kappa shape index (κ1) is 17.0. The van der Waals surface area contributed by atoms with E-state index in [1.54, 1.807) is 0 Å². The topological polar surface area (TPSA) is 75.6 Å². The van der Waals surface area contributed by atoms with Crippen LogP contribution in [0.2, 0.25) is 0 Å². The second kappa shape index (κ2) is 8.29. The van der Waals surface area contributed by atoms with E-state index in [-0.39, 0.29) is 12.3 Å². The van der Waals surface area contributed by atoms with E-state index < -0.39 is 11.5 Å². The number of carboxylic acid groups (broad SMARTS) is 1. The summed E-state index contributed by atoms with van der Waals surface area (Å²) in [6.45, 7) is 4.13. The molecule has 0 atom stereocenters. The largest absolute Gasteiger partial charge is 0.494 e. The lowest BCUT2D eigenvalue weighted by atomic mass is 9.98. The number of nitrogens with one attached hydrogen (secondary N) is 1. The minimum absolute atomic E-state index is 0.0460. The first-order chi connectivity index (χ1) is 9.89. The van der Waals surface area contributed by atoms with Crippen LogP contribution in [0.4, 0.5) is 0 Å². The highest BCUT2D eigenvalue weighted by Crippen LogP contribution is 2.12. The van der Waals surface area contributed by atoms with Crippen LogP contribution in [0.15, 0.2) is 30.3 Å². The second-order valence-electron chi connectivity index (χ2n) is 5.59. The van der Waals surface area contributed by atoms with Crippen molar-refractivity contribution in [3.8, 4) is 5.75 Å². The average molecular weight is 293 g/mol. The van der Waals surface area contributed by atoms with Crippen molar-refractivity contribution in [2.24, 2.45) is 0 Å². The van der Waals surface area contributed by atoms with Crippen LogP contribution in [0.3, 0.4) is 0 Å². The van der Waals surface area contributed by atoms with E-state index >= 15 is 0 Å². The number of hydrogen-bond acceptors (Lipinski definition) is 3. The smallest absolute Gasteiger partial charge is 0.303 e. The molecule has 0 aliphatic heterocycles. The van der Waals surface area contributed by atoms with Gasteiger partial charge in [-0.05, 0) is 38.8 Å². The summed E-state index contributed by atoms with van der Waals surface area (Å²) in [5.41, 5.74) is -0.504. The molecular weight excluding hydrogens is 270 g/mol. The van der Waals surface area contributed by atoms with Gasteiger partial charge in [-0.2, -0.15) is 0 Å². The van der Waals surface area contributed by atoms with Gasteiger partial charge in [0.2, 0.25) is 5.91 Å². The molecule has 1 aromatic carbocycles. The van der Waals surface area contributed by atoms with E-state index in [1.807, 2.05) is 44.2 Å². The molecule has 5 heteroatoms. The molecule has 0 unspecified atom stereocenters. The van der Waals surface area contributed by atoms with Crippen molar-refractivity contribution < 1.29 is 19.4 Å². The lowest BCUT2D eigenvalue weighted by Gasteiger charge is -2.25. The quantitative estimate of drug-likeness (QED) is 0.686. The maximum absolute atomic E-state index is 11.8. The first-order valence-electron chi connectivity index (χ1n) is 7.10. The predicted molar refractivity (Wildman–Crippen MR) is 80.3 cm³/mol. The van der Waals surface area contributed by atoms with Crippen molar-refractivity contribution in [2.75, 3.05) is 6.61 Å². The third-order valence-electron chi connectivity index (χ3n) is 3.00. The van der Waals surface area contributed by atoms with E-state index in [0.717, 1.165) is 5.75 Å². The van der Waals surface area contributed by atoms with Crippen LogP contribution in [-0.2, 0) is 9.59 Å². The molecule has 1 amide bonds. The molecule has 1 aromatic rings. The number of carbonyl (C=O) groups excluding carboxylic acids is 1. The fourth-order valence-corrected chi connectivity index (χ4v) is 1.86. The zero-order chi connectivity index (χ0) is 15.7. The normalized spacial score (nSPS) is 11.0. The third-order valence-corrected chi connectivity index (χ3v) is 3.00. The van der Waals surface area contributed by atoms with E-state index in [1.165, 1.54) is 0 Å². The van der Waals surface area contributed by atoms with E-state index in [2.05, 4.69) is 5.32 Å². The number of hydrogen-bond donors (Lipinski definition) is 2. The SMILES string of the molecule is CC(C)(CCC(=O)O)NC(=O)CCCOc1ccccc1. The number of carbonyl (C=O) groups is 2. The molecule has 0 radical (unpaired) electrons. The molecule has 1 rings (SSSR count). The van der Waals surface area contributed by atoms with Crippen LogP contribution in [-0.4, -0.2) is 29.1 Å². The maximum Gasteiger partial charge on any atom is 0.303 e.